The van der Waals surface area contributed by atoms with Gasteiger partial charge in [-0.1, -0.05) is 23.8 Å². The highest BCUT2D eigenvalue weighted by atomic mass is 32.1. The number of hydrogen-bond acceptors (Lipinski definition) is 5. The van der Waals surface area contributed by atoms with Crippen LogP contribution in [0, 0.1) is 6.92 Å². The molecule has 0 saturated carbocycles. The van der Waals surface area contributed by atoms with Gasteiger partial charge in [0.2, 0.25) is 5.91 Å². The van der Waals surface area contributed by atoms with Crippen molar-refractivity contribution in [1.82, 2.24) is 9.78 Å². The monoisotopic (exact) mass is 369 g/mol. The van der Waals surface area contributed by atoms with Crippen molar-refractivity contribution in [2.45, 2.75) is 20.4 Å². The van der Waals surface area contributed by atoms with Crippen LogP contribution in [0.1, 0.15) is 22.2 Å². The van der Waals surface area contributed by atoms with E-state index in [0.717, 1.165) is 10.4 Å². The molecular formula is C19H19N3O3S. The molecular weight excluding hydrogens is 350 g/mol. The van der Waals surface area contributed by atoms with Crippen LogP contribution >= 0.6 is 11.3 Å². The van der Waals surface area contributed by atoms with Gasteiger partial charge in [0, 0.05) is 24.1 Å². The highest BCUT2D eigenvalue weighted by Crippen LogP contribution is 2.19. The lowest BCUT2D eigenvalue weighted by Gasteiger charge is -2.20. The van der Waals surface area contributed by atoms with Crippen molar-refractivity contribution in [3.05, 3.63) is 64.5 Å². The Balaban J connectivity index is 1.76. The van der Waals surface area contributed by atoms with Gasteiger partial charge in [0.1, 0.15) is 5.75 Å². The standard InChI is InChI=1S/C19H19N3O3S/c1-14-5-7-16(8-6-14)25-13-19(24)21(12-17-4-3-11-26-17)18-9-10-22(20-18)15(2)23/h3-11H,12-13H2,1-2H3. The van der Waals surface area contributed by atoms with Crippen LogP contribution in [-0.2, 0) is 11.3 Å². The van der Waals surface area contributed by atoms with Crippen molar-refractivity contribution in [1.29, 1.82) is 0 Å². The van der Waals surface area contributed by atoms with Crippen molar-refractivity contribution in [2.24, 2.45) is 0 Å². The van der Waals surface area contributed by atoms with Crippen molar-refractivity contribution in [2.75, 3.05) is 11.5 Å². The summed E-state index contributed by atoms with van der Waals surface area (Å²) in [5.41, 5.74) is 1.12. The van der Waals surface area contributed by atoms with Crippen LogP contribution in [0.5, 0.6) is 5.75 Å². The van der Waals surface area contributed by atoms with Crippen molar-refractivity contribution < 1.29 is 14.3 Å². The summed E-state index contributed by atoms with van der Waals surface area (Å²) in [6.07, 6.45) is 1.55. The molecule has 0 atom stereocenters. The molecule has 0 saturated heterocycles. The predicted octanol–water partition coefficient (Wildman–Crippen LogP) is 3.53. The molecule has 0 aliphatic heterocycles. The van der Waals surface area contributed by atoms with E-state index in [1.165, 1.54) is 16.5 Å². The Bertz CT molecular complexity index is 885. The molecule has 0 spiro atoms. The second kappa shape index (κ2) is 7.97. The van der Waals surface area contributed by atoms with Gasteiger partial charge in [-0.25, -0.2) is 4.68 Å². The number of amides is 1. The first kappa shape index (κ1) is 17.9. The zero-order chi connectivity index (χ0) is 18.5. The number of carbonyl (C=O) groups is 2. The zero-order valence-corrected chi connectivity index (χ0v) is 15.4. The summed E-state index contributed by atoms with van der Waals surface area (Å²) in [6, 6.07) is 13.1. The smallest absolute Gasteiger partial charge is 0.266 e. The number of benzene rings is 1. The number of hydrogen-bond donors (Lipinski definition) is 0. The molecule has 0 fully saturated rings. The largest absolute Gasteiger partial charge is 0.484 e. The molecule has 0 radical (unpaired) electrons. The van der Waals surface area contributed by atoms with Crippen molar-refractivity contribution in [3.63, 3.8) is 0 Å². The maximum absolute atomic E-state index is 12.8. The van der Waals surface area contributed by atoms with Gasteiger partial charge < -0.3 is 4.74 Å². The topological polar surface area (TPSA) is 64.4 Å². The number of carbonyl (C=O) groups excluding carboxylic acids is 2. The third kappa shape index (κ3) is 4.37. The Kier molecular flexibility index (Phi) is 5.48. The van der Waals surface area contributed by atoms with E-state index in [1.807, 2.05) is 48.7 Å². The normalized spacial score (nSPS) is 10.5. The van der Waals surface area contributed by atoms with E-state index in [4.69, 9.17) is 4.74 Å². The lowest BCUT2D eigenvalue weighted by molar-refractivity contribution is -0.120. The maximum atomic E-state index is 12.8. The molecule has 7 heteroatoms. The van der Waals surface area contributed by atoms with Crippen LogP contribution < -0.4 is 9.64 Å². The van der Waals surface area contributed by atoms with E-state index >= 15 is 0 Å². The number of nitrogens with zero attached hydrogens (tertiary/aromatic N) is 3. The summed E-state index contributed by atoms with van der Waals surface area (Å²) in [5, 5.41) is 6.15. The number of anilines is 1. The Labute approximate surface area is 155 Å². The zero-order valence-electron chi connectivity index (χ0n) is 14.6. The minimum atomic E-state index is -0.229. The molecule has 3 rings (SSSR count). The van der Waals surface area contributed by atoms with Crippen LogP contribution in [-0.4, -0.2) is 28.2 Å². The van der Waals surface area contributed by atoms with Crippen LogP contribution in [0.15, 0.2) is 54.0 Å². The van der Waals surface area contributed by atoms with Gasteiger partial charge in [-0.15, -0.1) is 16.4 Å². The molecule has 0 bridgehead atoms. The molecule has 0 aliphatic rings. The van der Waals surface area contributed by atoms with E-state index < -0.39 is 0 Å². The summed E-state index contributed by atoms with van der Waals surface area (Å²) < 4.78 is 6.82. The first-order chi connectivity index (χ1) is 12.5. The van der Waals surface area contributed by atoms with E-state index in [0.29, 0.717) is 18.1 Å². The van der Waals surface area contributed by atoms with Crippen molar-refractivity contribution in [3.8, 4) is 5.75 Å². The molecule has 6 nitrogen and oxygen atoms in total. The summed E-state index contributed by atoms with van der Waals surface area (Å²) in [7, 11) is 0. The van der Waals surface area contributed by atoms with Gasteiger partial charge >= 0.3 is 0 Å². The van der Waals surface area contributed by atoms with E-state index in [1.54, 1.807) is 23.6 Å². The number of aryl methyl sites for hydroxylation is 1. The number of ether oxygens (including phenoxy) is 1. The molecule has 26 heavy (non-hydrogen) atoms. The average molecular weight is 369 g/mol. The summed E-state index contributed by atoms with van der Waals surface area (Å²) in [6.45, 7) is 3.68. The van der Waals surface area contributed by atoms with Crippen LogP contribution in [0.3, 0.4) is 0 Å². The van der Waals surface area contributed by atoms with Crippen LogP contribution in [0.2, 0.25) is 0 Å². The number of rotatable bonds is 6. The van der Waals surface area contributed by atoms with Crippen LogP contribution in [0.4, 0.5) is 5.82 Å². The van der Waals surface area contributed by atoms with Gasteiger partial charge in [-0.05, 0) is 30.5 Å². The van der Waals surface area contributed by atoms with E-state index in [2.05, 4.69) is 5.10 Å². The molecule has 1 aromatic carbocycles. The second-order valence-electron chi connectivity index (χ2n) is 5.80. The van der Waals surface area contributed by atoms with Gasteiger partial charge in [0.05, 0.1) is 6.54 Å². The SMILES string of the molecule is CC(=O)n1ccc(N(Cc2cccs2)C(=O)COc2ccc(C)cc2)n1. The second-order valence-corrected chi connectivity index (χ2v) is 6.83. The number of aromatic nitrogens is 2. The average Bonchev–Trinajstić information content (AvgIpc) is 3.30. The summed E-state index contributed by atoms with van der Waals surface area (Å²) >= 11 is 1.56. The molecule has 0 N–H and O–H groups in total. The third-order valence-electron chi connectivity index (χ3n) is 3.75. The third-order valence-corrected chi connectivity index (χ3v) is 4.61. The van der Waals surface area contributed by atoms with Gasteiger partial charge in [0.25, 0.3) is 5.91 Å². The molecule has 2 heterocycles. The minimum Gasteiger partial charge on any atom is -0.484 e. The molecule has 2 aromatic heterocycles. The van der Waals surface area contributed by atoms with Crippen molar-refractivity contribution >= 4 is 29.0 Å². The van der Waals surface area contributed by atoms with Gasteiger partial charge in [-0.3, -0.25) is 14.5 Å². The van der Waals surface area contributed by atoms with Gasteiger partial charge in [0.15, 0.2) is 12.4 Å². The summed E-state index contributed by atoms with van der Waals surface area (Å²) in [4.78, 5) is 26.8. The Morgan fingerprint density at radius 3 is 2.58 bits per heavy atom. The molecule has 134 valence electrons. The lowest BCUT2D eigenvalue weighted by atomic mass is 10.2. The Morgan fingerprint density at radius 2 is 1.96 bits per heavy atom. The predicted molar refractivity (Wildman–Crippen MR) is 101 cm³/mol. The quantitative estimate of drug-likeness (QED) is 0.667. The minimum absolute atomic E-state index is 0.110. The fourth-order valence-corrected chi connectivity index (χ4v) is 3.04. The fraction of sp³-hybridized carbons (Fsp3) is 0.211. The van der Waals surface area contributed by atoms with Crippen LogP contribution in [0.25, 0.3) is 0 Å². The maximum Gasteiger partial charge on any atom is 0.266 e. The highest BCUT2D eigenvalue weighted by Gasteiger charge is 2.20. The number of thiophene rings is 1. The van der Waals surface area contributed by atoms with E-state index in [9.17, 15) is 9.59 Å². The Hall–Kier alpha value is -2.93. The first-order valence-corrected chi connectivity index (χ1v) is 9.00. The Morgan fingerprint density at radius 1 is 1.19 bits per heavy atom. The lowest BCUT2D eigenvalue weighted by Crippen LogP contribution is -2.34. The highest BCUT2D eigenvalue weighted by molar-refractivity contribution is 7.09. The molecule has 0 unspecified atom stereocenters. The fourth-order valence-electron chi connectivity index (χ4n) is 2.35. The first-order valence-electron chi connectivity index (χ1n) is 8.12. The summed E-state index contributed by atoms with van der Waals surface area (Å²) in [5.74, 6) is 0.615. The molecule has 1 amide bonds. The molecule has 3 aromatic rings. The molecule has 0 aliphatic carbocycles. The van der Waals surface area contributed by atoms with E-state index in [-0.39, 0.29) is 18.4 Å². The van der Waals surface area contributed by atoms with Gasteiger partial charge in [-0.2, -0.15) is 0 Å².